The van der Waals surface area contributed by atoms with E-state index in [1.54, 1.807) is 18.2 Å². The number of carbonyl (C=O) groups is 2. The third-order valence-electron chi connectivity index (χ3n) is 2.65. The first kappa shape index (κ1) is 14.1. The molecule has 1 heterocycles. The molecule has 2 amide bonds. The number of benzene rings is 1. The van der Waals surface area contributed by atoms with Crippen LogP contribution >= 0.6 is 0 Å². The molecule has 108 valence electrons. The number of ether oxygens (including phenoxy) is 2. The Kier molecular flexibility index (Phi) is 4.41. The number of hydrogen-bond acceptors (Lipinski definition) is 5. The molecule has 0 aromatic heterocycles. The number of carbonyl (C=O) groups excluding carboxylic acids is 2. The molecule has 1 aromatic carbocycles. The number of hydrogen-bond donors (Lipinski definition) is 3. The Bertz CT molecular complexity index is 515. The van der Waals surface area contributed by atoms with Crippen molar-refractivity contribution < 1.29 is 24.2 Å². The number of amides is 2. The summed E-state index contributed by atoms with van der Waals surface area (Å²) in [6.45, 7) is 1.95. The van der Waals surface area contributed by atoms with Crippen molar-refractivity contribution in [3.05, 3.63) is 23.8 Å². The van der Waals surface area contributed by atoms with Gasteiger partial charge in [0, 0.05) is 13.1 Å². The number of nitrogens with one attached hydrogen (secondary N) is 2. The maximum absolute atomic E-state index is 11.5. The van der Waals surface area contributed by atoms with Crippen molar-refractivity contribution in [3.63, 3.8) is 0 Å². The van der Waals surface area contributed by atoms with Crippen molar-refractivity contribution in [2.45, 2.75) is 19.6 Å². The number of rotatable bonds is 4. The minimum Gasteiger partial charge on any atom is -0.454 e. The third-order valence-corrected chi connectivity index (χ3v) is 2.65. The monoisotopic (exact) mass is 280 g/mol. The highest BCUT2D eigenvalue weighted by Crippen LogP contribution is 2.32. The smallest absolute Gasteiger partial charge is 0.309 e. The fourth-order valence-corrected chi connectivity index (χ4v) is 1.63. The summed E-state index contributed by atoms with van der Waals surface area (Å²) in [6, 6.07) is 5.27. The maximum atomic E-state index is 11.5. The van der Waals surface area contributed by atoms with Gasteiger partial charge in [-0.1, -0.05) is 6.07 Å². The van der Waals surface area contributed by atoms with Crippen LogP contribution in [0, 0.1) is 0 Å². The van der Waals surface area contributed by atoms with Crippen molar-refractivity contribution in [3.8, 4) is 11.5 Å². The van der Waals surface area contributed by atoms with Gasteiger partial charge in [-0.15, -0.1) is 0 Å². The molecule has 0 aliphatic carbocycles. The molecule has 20 heavy (non-hydrogen) atoms. The van der Waals surface area contributed by atoms with Gasteiger partial charge in [0.15, 0.2) is 11.5 Å². The zero-order chi connectivity index (χ0) is 14.5. The standard InChI is InChI=1S/C13H16N2O5/c1-8(16)5-14-12(17)13(18)15-6-9-2-3-10-11(4-9)20-7-19-10/h2-4,8,16H,5-7H2,1H3,(H,14,17)(H,15,18)/t8-/m0/s1. The van der Waals surface area contributed by atoms with Crippen LogP contribution in [0.3, 0.4) is 0 Å². The van der Waals surface area contributed by atoms with Gasteiger partial charge in [0.25, 0.3) is 0 Å². The SMILES string of the molecule is C[C@H](O)CNC(=O)C(=O)NCc1ccc2c(c1)OCO2. The molecule has 0 bridgehead atoms. The summed E-state index contributed by atoms with van der Waals surface area (Å²) in [5.74, 6) is -0.236. The molecule has 7 nitrogen and oxygen atoms in total. The summed E-state index contributed by atoms with van der Waals surface area (Å²) in [6.07, 6.45) is -0.694. The first-order valence-corrected chi connectivity index (χ1v) is 6.19. The van der Waals surface area contributed by atoms with Gasteiger partial charge in [-0.25, -0.2) is 0 Å². The van der Waals surface area contributed by atoms with Crippen LogP contribution in [0.5, 0.6) is 11.5 Å². The molecule has 1 atom stereocenters. The Morgan fingerprint density at radius 2 is 1.95 bits per heavy atom. The maximum Gasteiger partial charge on any atom is 0.309 e. The van der Waals surface area contributed by atoms with Crippen molar-refractivity contribution in [2.24, 2.45) is 0 Å². The number of fused-ring (bicyclic) bond motifs is 1. The van der Waals surface area contributed by atoms with Gasteiger partial charge in [-0.3, -0.25) is 9.59 Å². The van der Waals surface area contributed by atoms with Crippen LogP contribution in [0.2, 0.25) is 0 Å². The quantitative estimate of drug-likeness (QED) is 0.648. The third kappa shape index (κ3) is 3.61. The minimum absolute atomic E-state index is 0.0380. The van der Waals surface area contributed by atoms with Crippen molar-refractivity contribution in [1.82, 2.24) is 10.6 Å². The number of aliphatic hydroxyl groups is 1. The predicted octanol–water partition coefficient (Wildman–Crippen LogP) is -0.472. The van der Waals surface area contributed by atoms with Crippen LogP contribution in [0.15, 0.2) is 18.2 Å². The summed E-state index contributed by atoms with van der Waals surface area (Å²) in [5, 5.41) is 13.8. The van der Waals surface area contributed by atoms with E-state index in [1.807, 2.05) is 0 Å². The average molecular weight is 280 g/mol. The van der Waals surface area contributed by atoms with Gasteiger partial charge in [-0.2, -0.15) is 0 Å². The van der Waals surface area contributed by atoms with E-state index in [-0.39, 0.29) is 19.9 Å². The molecule has 0 fully saturated rings. The van der Waals surface area contributed by atoms with Crippen molar-refractivity contribution in [2.75, 3.05) is 13.3 Å². The van der Waals surface area contributed by atoms with Gasteiger partial charge in [0.2, 0.25) is 6.79 Å². The lowest BCUT2D eigenvalue weighted by atomic mass is 10.2. The van der Waals surface area contributed by atoms with Gasteiger partial charge in [0.1, 0.15) is 0 Å². The fourth-order valence-electron chi connectivity index (χ4n) is 1.63. The molecule has 1 aliphatic rings. The molecular weight excluding hydrogens is 264 g/mol. The lowest BCUT2D eigenvalue weighted by molar-refractivity contribution is -0.139. The molecule has 0 saturated carbocycles. The van der Waals surface area contributed by atoms with Gasteiger partial charge < -0.3 is 25.2 Å². The van der Waals surface area contributed by atoms with Crippen LogP contribution < -0.4 is 20.1 Å². The zero-order valence-corrected chi connectivity index (χ0v) is 11.0. The molecule has 3 N–H and O–H groups in total. The molecule has 1 aromatic rings. The lowest BCUT2D eigenvalue weighted by Gasteiger charge is -2.08. The second-order valence-electron chi connectivity index (χ2n) is 4.43. The van der Waals surface area contributed by atoms with Crippen LogP contribution in [0.4, 0.5) is 0 Å². The van der Waals surface area contributed by atoms with E-state index in [1.165, 1.54) is 6.92 Å². The Morgan fingerprint density at radius 3 is 2.70 bits per heavy atom. The Labute approximate surface area is 115 Å². The van der Waals surface area contributed by atoms with E-state index in [9.17, 15) is 9.59 Å². The highest BCUT2D eigenvalue weighted by Gasteiger charge is 2.15. The van der Waals surface area contributed by atoms with Crippen molar-refractivity contribution in [1.29, 1.82) is 0 Å². The minimum atomic E-state index is -0.772. The summed E-state index contributed by atoms with van der Waals surface area (Å²) < 4.78 is 10.4. The summed E-state index contributed by atoms with van der Waals surface area (Å²) in [4.78, 5) is 22.9. The molecule has 1 aliphatic heterocycles. The first-order chi connectivity index (χ1) is 9.56. The van der Waals surface area contributed by atoms with E-state index < -0.39 is 17.9 Å². The van der Waals surface area contributed by atoms with Crippen LogP contribution in [0.25, 0.3) is 0 Å². The summed E-state index contributed by atoms with van der Waals surface area (Å²) in [7, 11) is 0. The van der Waals surface area contributed by atoms with Crippen LogP contribution in [0.1, 0.15) is 12.5 Å². The normalized spacial score (nSPS) is 13.7. The van der Waals surface area contributed by atoms with Crippen molar-refractivity contribution >= 4 is 11.8 Å². The average Bonchev–Trinajstić information content (AvgIpc) is 2.89. The predicted molar refractivity (Wildman–Crippen MR) is 69.1 cm³/mol. The van der Waals surface area contributed by atoms with Crippen LogP contribution in [-0.4, -0.2) is 36.4 Å². The molecule has 2 rings (SSSR count). The van der Waals surface area contributed by atoms with Gasteiger partial charge in [-0.05, 0) is 24.6 Å². The fraction of sp³-hybridized carbons (Fsp3) is 0.385. The zero-order valence-electron chi connectivity index (χ0n) is 11.0. The Morgan fingerprint density at radius 1 is 1.25 bits per heavy atom. The van der Waals surface area contributed by atoms with E-state index in [4.69, 9.17) is 14.6 Å². The Hall–Kier alpha value is -2.28. The largest absolute Gasteiger partial charge is 0.454 e. The van der Waals surface area contributed by atoms with E-state index >= 15 is 0 Å². The molecule has 0 radical (unpaired) electrons. The highest BCUT2D eigenvalue weighted by atomic mass is 16.7. The highest BCUT2D eigenvalue weighted by molar-refractivity contribution is 6.35. The second kappa shape index (κ2) is 6.25. The molecule has 0 saturated heterocycles. The molecule has 7 heteroatoms. The number of aliphatic hydroxyl groups excluding tert-OH is 1. The van der Waals surface area contributed by atoms with E-state index in [2.05, 4.69) is 10.6 Å². The van der Waals surface area contributed by atoms with Gasteiger partial charge >= 0.3 is 11.8 Å². The molecule has 0 unspecified atom stereocenters. The topological polar surface area (TPSA) is 96.9 Å². The van der Waals surface area contributed by atoms with Crippen LogP contribution in [-0.2, 0) is 16.1 Å². The second-order valence-corrected chi connectivity index (χ2v) is 4.43. The van der Waals surface area contributed by atoms with Gasteiger partial charge in [0.05, 0.1) is 6.10 Å². The lowest BCUT2D eigenvalue weighted by Crippen LogP contribution is -2.42. The molecule has 0 spiro atoms. The van der Waals surface area contributed by atoms with E-state index in [0.29, 0.717) is 11.5 Å². The summed E-state index contributed by atoms with van der Waals surface area (Å²) >= 11 is 0. The molecular formula is C13H16N2O5. The Balaban J connectivity index is 1.82. The van der Waals surface area contributed by atoms with E-state index in [0.717, 1.165) is 5.56 Å². The first-order valence-electron chi connectivity index (χ1n) is 6.19. The summed E-state index contributed by atoms with van der Waals surface area (Å²) in [5.41, 5.74) is 0.797.